The van der Waals surface area contributed by atoms with E-state index in [0.717, 1.165) is 11.1 Å². The molecule has 7 heteroatoms. The number of hydrogen-bond donors (Lipinski definition) is 2. The number of aryl methyl sites for hydroxylation is 2. The summed E-state index contributed by atoms with van der Waals surface area (Å²) >= 11 is 0. The van der Waals surface area contributed by atoms with Crippen LogP contribution in [-0.2, 0) is 16.6 Å². The number of aromatic nitrogens is 2. The number of anilines is 1. The molecule has 0 radical (unpaired) electrons. The van der Waals surface area contributed by atoms with Crippen LogP contribution in [0.2, 0.25) is 0 Å². The van der Waals surface area contributed by atoms with Crippen molar-refractivity contribution < 1.29 is 8.42 Å². The molecule has 2 rings (SSSR count). The Morgan fingerprint density at radius 3 is 2.40 bits per heavy atom. The molecule has 0 atom stereocenters. The number of rotatable bonds is 4. The van der Waals surface area contributed by atoms with Crippen LogP contribution in [0.25, 0.3) is 0 Å². The number of benzene rings is 1. The van der Waals surface area contributed by atoms with Crippen molar-refractivity contribution in [1.82, 2.24) is 9.97 Å². The maximum absolute atomic E-state index is 12.4. The molecular formula is C13H16N4O2S. The van der Waals surface area contributed by atoms with Gasteiger partial charge in [-0.3, -0.25) is 4.72 Å². The summed E-state index contributed by atoms with van der Waals surface area (Å²) in [5.74, 6) is 0. The Morgan fingerprint density at radius 1 is 1.15 bits per heavy atom. The number of hydrogen-bond acceptors (Lipinski definition) is 5. The van der Waals surface area contributed by atoms with Crippen molar-refractivity contribution in [1.29, 1.82) is 0 Å². The third kappa shape index (κ3) is 2.94. The van der Waals surface area contributed by atoms with Gasteiger partial charge in [-0.05, 0) is 36.6 Å². The van der Waals surface area contributed by atoms with Gasteiger partial charge in [-0.1, -0.05) is 6.07 Å². The lowest BCUT2D eigenvalue weighted by Gasteiger charge is -2.13. The van der Waals surface area contributed by atoms with Crippen LogP contribution in [0.1, 0.15) is 16.7 Å². The van der Waals surface area contributed by atoms with Crippen molar-refractivity contribution in [2.75, 3.05) is 4.72 Å². The summed E-state index contributed by atoms with van der Waals surface area (Å²) in [5.41, 5.74) is 8.41. The minimum absolute atomic E-state index is 0.215. The smallest absolute Gasteiger partial charge is 0.262 e. The van der Waals surface area contributed by atoms with Crippen LogP contribution in [0.4, 0.5) is 5.69 Å². The molecule has 0 aliphatic heterocycles. The summed E-state index contributed by atoms with van der Waals surface area (Å²) in [4.78, 5) is 7.76. The van der Waals surface area contributed by atoms with E-state index in [2.05, 4.69) is 14.7 Å². The predicted molar refractivity (Wildman–Crippen MR) is 76.6 cm³/mol. The Hall–Kier alpha value is -1.99. The molecule has 0 aliphatic carbocycles. The highest BCUT2D eigenvalue weighted by atomic mass is 32.2. The van der Waals surface area contributed by atoms with Gasteiger partial charge in [0.2, 0.25) is 0 Å². The highest BCUT2D eigenvalue weighted by molar-refractivity contribution is 7.92. The molecular weight excluding hydrogens is 276 g/mol. The molecule has 6 nitrogen and oxygen atoms in total. The summed E-state index contributed by atoms with van der Waals surface area (Å²) in [5, 5.41) is 0. The molecule has 0 aliphatic rings. The van der Waals surface area contributed by atoms with Crippen LogP contribution in [0.3, 0.4) is 0 Å². The molecule has 0 amide bonds. The highest BCUT2D eigenvalue weighted by Crippen LogP contribution is 2.22. The second-order valence-corrected chi connectivity index (χ2v) is 6.13. The molecule has 0 bridgehead atoms. The zero-order chi connectivity index (χ0) is 14.8. The van der Waals surface area contributed by atoms with E-state index in [9.17, 15) is 8.42 Å². The van der Waals surface area contributed by atoms with E-state index in [-0.39, 0.29) is 4.90 Å². The fourth-order valence-electron chi connectivity index (χ4n) is 1.95. The van der Waals surface area contributed by atoms with Crippen LogP contribution in [-0.4, -0.2) is 18.4 Å². The zero-order valence-electron chi connectivity index (χ0n) is 11.3. The Bertz CT molecular complexity index is 715. The molecule has 0 fully saturated rings. The molecule has 1 aromatic carbocycles. The van der Waals surface area contributed by atoms with Gasteiger partial charge < -0.3 is 5.73 Å². The summed E-state index contributed by atoms with van der Waals surface area (Å²) in [6, 6.07) is 3.43. The van der Waals surface area contributed by atoms with Gasteiger partial charge >= 0.3 is 0 Å². The van der Waals surface area contributed by atoms with Crippen molar-refractivity contribution in [3.8, 4) is 0 Å². The van der Waals surface area contributed by atoms with Crippen molar-refractivity contribution in [3.05, 3.63) is 47.5 Å². The lowest BCUT2D eigenvalue weighted by Crippen LogP contribution is -2.15. The number of nitrogens with zero attached hydrogens (tertiary/aromatic N) is 2. The first kappa shape index (κ1) is 14.4. The zero-order valence-corrected chi connectivity index (χ0v) is 12.1. The number of nitrogens with two attached hydrogens (primary N) is 1. The minimum atomic E-state index is -3.68. The lowest BCUT2D eigenvalue weighted by molar-refractivity contribution is 0.600. The van der Waals surface area contributed by atoms with Crippen molar-refractivity contribution in [2.24, 2.45) is 5.73 Å². The molecule has 1 heterocycles. The van der Waals surface area contributed by atoms with Gasteiger partial charge in [-0.25, -0.2) is 18.4 Å². The molecule has 1 aromatic heterocycles. The van der Waals surface area contributed by atoms with E-state index in [0.29, 0.717) is 17.8 Å². The maximum Gasteiger partial charge on any atom is 0.262 e. The van der Waals surface area contributed by atoms with E-state index in [1.54, 1.807) is 13.0 Å². The molecule has 2 aromatic rings. The standard InChI is InChI=1S/C13H16N4O2S/c1-9-3-10(2)13(4-11(9)5-14)20(18,19)17-12-6-15-8-16-7-12/h3-4,6-8,17H,5,14H2,1-2H3. The Balaban J connectivity index is 2.44. The lowest BCUT2D eigenvalue weighted by atomic mass is 10.1. The SMILES string of the molecule is Cc1cc(C)c(S(=O)(=O)Nc2cncnc2)cc1CN. The molecule has 106 valence electrons. The van der Waals surface area contributed by atoms with Gasteiger partial charge in [0.15, 0.2) is 0 Å². The fourth-order valence-corrected chi connectivity index (χ4v) is 3.25. The summed E-state index contributed by atoms with van der Waals surface area (Å²) in [6.45, 7) is 3.95. The van der Waals surface area contributed by atoms with E-state index in [1.165, 1.54) is 18.7 Å². The first-order valence-corrected chi connectivity index (χ1v) is 7.50. The normalized spacial score (nSPS) is 11.3. The monoisotopic (exact) mass is 292 g/mol. The van der Waals surface area contributed by atoms with E-state index < -0.39 is 10.0 Å². The molecule has 0 unspecified atom stereocenters. The van der Waals surface area contributed by atoms with Gasteiger partial charge in [-0.15, -0.1) is 0 Å². The average Bonchev–Trinajstić information content (AvgIpc) is 2.39. The second-order valence-electron chi connectivity index (χ2n) is 4.48. The Kier molecular flexibility index (Phi) is 4.01. The fraction of sp³-hybridized carbons (Fsp3) is 0.231. The van der Waals surface area contributed by atoms with Gasteiger partial charge in [0.1, 0.15) is 6.33 Å². The van der Waals surface area contributed by atoms with Crippen molar-refractivity contribution in [2.45, 2.75) is 25.3 Å². The van der Waals surface area contributed by atoms with E-state index >= 15 is 0 Å². The third-order valence-corrected chi connectivity index (χ3v) is 4.48. The largest absolute Gasteiger partial charge is 0.326 e. The van der Waals surface area contributed by atoms with Crippen molar-refractivity contribution >= 4 is 15.7 Å². The van der Waals surface area contributed by atoms with Crippen LogP contribution in [0.5, 0.6) is 0 Å². The topological polar surface area (TPSA) is 98.0 Å². The minimum Gasteiger partial charge on any atom is -0.326 e. The quantitative estimate of drug-likeness (QED) is 0.886. The van der Waals surface area contributed by atoms with Gasteiger partial charge in [0, 0.05) is 6.54 Å². The number of nitrogens with one attached hydrogen (secondary N) is 1. The van der Waals surface area contributed by atoms with Gasteiger partial charge in [0.05, 0.1) is 23.0 Å². The van der Waals surface area contributed by atoms with E-state index in [1.807, 2.05) is 13.0 Å². The van der Waals surface area contributed by atoms with Gasteiger partial charge in [-0.2, -0.15) is 0 Å². The van der Waals surface area contributed by atoms with Crippen molar-refractivity contribution in [3.63, 3.8) is 0 Å². The summed E-state index contributed by atoms with van der Waals surface area (Å²) in [6.07, 6.45) is 4.14. The summed E-state index contributed by atoms with van der Waals surface area (Å²) < 4.78 is 27.2. The Labute approximate surface area is 118 Å². The molecule has 3 N–H and O–H groups in total. The molecule has 0 saturated carbocycles. The first-order valence-electron chi connectivity index (χ1n) is 6.02. The van der Waals surface area contributed by atoms with Gasteiger partial charge in [0.25, 0.3) is 10.0 Å². The highest BCUT2D eigenvalue weighted by Gasteiger charge is 2.18. The van der Waals surface area contributed by atoms with Crippen LogP contribution in [0, 0.1) is 13.8 Å². The van der Waals surface area contributed by atoms with Crippen LogP contribution in [0.15, 0.2) is 35.7 Å². The molecule has 0 saturated heterocycles. The number of sulfonamides is 1. The average molecular weight is 292 g/mol. The predicted octanol–water partition coefficient (Wildman–Crippen LogP) is 1.35. The second kappa shape index (κ2) is 5.56. The van der Waals surface area contributed by atoms with Crippen LogP contribution >= 0.6 is 0 Å². The molecule has 0 spiro atoms. The summed E-state index contributed by atoms with van der Waals surface area (Å²) in [7, 11) is -3.68. The first-order chi connectivity index (χ1) is 9.44. The Morgan fingerprint density at radius 2 is 1.80 bits per heavy atom. The third-order valence-electron chi connectivity index (χ3n) is 2.96. The van der Waals surface area contributed by atoms with Crippen LogP contribution < -0.4 is 10.5 Å². The maximum atomic E-state index is 12.4. The van der Waals surface area contributed by atoms with E-state index in [4.69, 9.17) is 5.73 Å². The molecule has 20 heavy (non-hydrogen) atoms.